The Kier molecular flexibility index (Phi) is 1.22. The maximum atomic E-state index is 8.32. The van der Waals surface area contributed by atoms with E-state index in [0.29, 0.717) is 0 Å². The molecule has 1 atom stereocenters. The Labute approximate surface area is 102 Å². The van der Waals surface area contributed by atoms with Crippen LogP contribution in [0.5, 0.6) is 0 Å². The van der Waals surface area contributed by atoms with Crippen LogP contribution in [-0.4, -0.2) is 24.4 Å². The summed E-state index contributed by atoms with van der Waals surface area (Å²) in [4.78, 5) is 0.174. The van der Waals surface area contributed by atoms with Crippen LogP contribution in [0.25, 0.3) is 0 Å². The van der Waals surface area contributed by atoms with Gasteiger partial charge in [0, 0.05) is 11.5 Å². The first-order valence-electron chi connectivity index (χ1n) is 9.42. The molecule has 0 N–H and O–H groups in total. The molecule has 1 aromatic carbocycles. The Morgan fingerprint density at radius 3 is 3.00 bits per heavy atom. The lowest BCUT2D eigenvalue weighted by Gasteiger charge is -2.22. The highest BCUT2D eigenvalue weighted by molar-refractivity contribution is 5.15. The third-order valence-corrected chi connectivity index (χ3v) is 1.54. The van der Waals surface area contributed by atoms with Crippen molar-refractivity contribution < 1.29 is 15.1 Å². The molecule has 0 saturated heterocycles. The second-order valence-corrected chi connectivity index (χ2v) is 2.61. The molecular formula is C13H17N. The van der Waals surface area contributed by atoms with Gasteiger partial charge in [-0.05, 0) is 25.9 Å². The molecule has 1 rings (SSSR count). The van der Waals surface area contributed by atoms with Gasteiger partial charge in [0.15, 0.2) is 0 Å². The first-order chi connectivity index (χ1) is 11.1. The zero-order chi connectivity index (χ0) is 20.0. The molecule has 0 aliphatic rings. The van der Waals surface area contributed by atoms with Crippen molar-refractivity contribution in [1.29, 1.82) is 0 Å². The maximum Gasteiger partial charge on any atom is 0.0626 e. The lowest BCUT2D eigenvalue weighted by Crippen LogP contribution is -2.31. The Hall–Kier alpha value is -1.26. The minimum atomic E-state index is -3.08. The summed E-state index contributed by atoms with van der Waals surface area (Å²) < 4.78 is 84.8. The van der Waals surface area contributed by atoms with Gasteiger partial charge in [0.1, 0.15) is 0 Å². The number of hydrogen-bond donors (Lipinski definition) is 0. The van der Waals surface area contributed by atoms with Crippen molar-refractivity contribution in [3.05, 3.63) is 35.8 Å². The van der Waals surface area contributed by atoms with Crippen molar-refractivity contribution in [3.63, 3.8) is 0 Å². The number of terminal acetylenes is 1. The molecule has 1 aromatic rings. The Balaban J connectivity index is 3.54. The van der Waals surface area contributed by atoms with Crippen molar-refractivity contribution >= 4 is 0 Å². The standard InChI is InChI=1S/C13H17N/c1-4-10-14(3)12(2)11-13-8-6-5-7-9-13/h1,5-9,12H,10-11H2,2-3H3/t12-/m1/s1/i3D3,5D,6D,7D,8D,9D,10D2,12D. The van der Waals surface area contributed by atoms with Gasteiger partial charge in [-0.15, -0.1) is 6.42 Å². The molecule has 1 heteroatoms. The average Bonchev–Trinajstić information content (AvgIpc) is 2.45. The van der Waals surface area contributed by atoms with Gasteiger partial charge in [-0.1, -0.05) is 36.1 Å². The Bertz CT molecular complexity index is 685. The molecule has 0 unspecified atom stereocenters. The van der Waals surface area contributed by atoms with E-state index in [0.717, 1.165) is 6.92 Å². The number of likely N-dealkylation sites (N-methyl/N-ethyl adjacent to an activating group) is 1. The van der Waals surface area contributed by atoms with E-state index in [1.165, 1.54) is 0 Å². The molecule has 0 saturated carbocycles. The third-order valence-electron chi connectivity index (χ3n) is 1.54. The van der Waals surface area contributed by atoms with Crippen LogP contribution in [0.1, 0.15) is 27.6 Å². The summed E-state index contributed by atoms with van der Waals surface area (Å²) in [6.45, 7) is -4.83. The fourth-order valence-electron chi connectivity index (χ4n) is 0.859. The molecule has 0 aromatic heterocycles. The number of hydrogen-bond acceptors (Lipinski definition) is 1. The van der Waals surface area contributed by atoms with E-state index in [9.17, 15) is 0 Å². The Morgan fingerprint density at radius 1 is 1.71 bits per heavy atom. The second-order valence-electron chi connectivity index (χ2n) is 2.61. The summed E-state index contributed by atoms with van der Waals surface area (Å²) in [6, 6.07) is -5.21. The van der Waals surface area contributed by atoms with Crippen LogP contribution in [0.3, 0.4) is 0 Å². The molecule has 0 fully saturated rings. The minimum absolute atomic E-state index is 0.174. The van der Waals surface area contributed by atoms with Crippen molar-refractivity contribution in [2.45, 2.75) is 19.4 Å². The van der Waals surface area contributed by atoms with Crippen molar-refractivity contribution in [3.8, 4) is 12.3 Å². The smallest absolute Gasteiger partial charge is 0.0626 e. The van der Waals surface area contributed by atoms with Gasteiger partial charge >= 0.3 is 0 Å². The fourth-order valence-corrected chi connectivity index (χ4v) is 0.859. The first kappa shape index (κ1) is 3.12. The predicted molar refractivity (Wildman–Crippen MR) is 61.1 cm³/mol. The van der Waals surface area contributed by atoms with Crippen LogP contribution in [0, 0.1) is 12.3 Å². The van der Waals surface area contributed by atoms with Gasteiger partial charge in [0.05, 0.1) is 16.1 Å². The van der Waals surface area contributed by atoms with Gasteiger partial charge < -0.3 is 0 Å². The largest absolute Gasteiger partial charge is 0.292 e. The fraction of sp³-hybridized carbons (Fsp3) is 0.385. The molecule has 1 nitrogen and oxygen atoms in total. The lowest BCUT2D eigenvalue weighted by atomic mass is 10.1. The van der Waals surface area contributed by atoms with Gasteiger partial charge in [0.2, 0.25) is 0 Å². The maximum absolute atomic E-state index is 8.32. The molecule has 0 bridgehead atoms. The lowest BCUT2D eigenvalue weighted by molar-refractivity contribution is 0.287. The van der Waals surface area contributed by atoms with E-state index >= 15 is 0 Å². The molecule has 0 spiro atoms. The average molecular weight is 198 g/mol. The highest BCUT2D eigenvalue weighted by Crippen LogP contribution is 2.06. The van der Waals surface area contributed by atoms with Gasteiger partial charge in [-0.25, -0.2) is 0 Å². The van der Waals surface area contributed by atoms with E-state index in [1.54, 1.807) is 5.92 Å². The monoisotopic (exact) mass is 198 g/mol. The molecule has 0 amide bonds. The van der Waals surface area contributed by atoms with E-state index in [2.05, 4.69) is 0 Å². The van der Waals surface area contributed by atoms with Crippen LogP contribution < -0.4 is 0 Å². The van der Waals surface area contributed by atoms with E-state index in [-0.39, 0.29) is 10.5 Å². The highest BCUT2D eigenvalue weighted by atomic mass is 15.1. The highest BCUT2D eigenvalue weighted by Gasteiger charge is 2.07. The van der Waals surface area contributed by atoms with Crippen molar-refractivity contribution in [1.82, 2.24) is 4.90 Å². The molecular weight excluding hydrogens is 170 g/mol. The summed E-state index contributed by atoms with van der Waals surface area (Å²) in [5, 5.41) is 0. The van der Waals surface area contributed by atoms with E-state index in [4.69, 9.17) is 21.5 Å². The summed E-state index contributed by atoms with van der Waals surface area (Å²) in [5.74, 6) is 1.68. The summed E-state index contributed by atoms with van der Waals surface area (Å²) in [5.41, 5.74) is -0.287. The van der Waals surface area contributed by atoms with Gasteiger partial charge in [-0.3, -0.25) is 4.90 Å². The SMILES string of the molecule is [2H]c1c([2H])c([2H])c(C[C@@]([2H])(C)N(C([2H])([2H])[2H])C([2H])([2H])C#C)c([2H])c1[2H]. The minimum Gasteiger partial charge on any atom is -0.292 e. The quantitative estimate of drug-likeness (QED) is 0.670. The zero-order valence-corrected chi connectivity index (χ0v) is 7.73. The molecule has 0 heterocycles. The van der Waals surface area contributed by atoms with Crippen LogP contribution >= 0.6 is 0 Å². The summed E-state index contributed by atoms with van der Waals surface area (Å²) >= 11 is 0. The van der Waals surface area contributed by atoms with Crippen molar-refractivity contribution in [2.75, 3.05) is 13.5 Å². The van der Waals surface area contributed by atoms with Crippen LogP contribution in [-0.2, 0) is 6.42 Å². The van der Waals surface area contributed by atoms with Gasteiger partial charge in [-0.2, -0.15) is 0 Å². The van der Waals surface area contributed by atoms with E-state index in [1.807, 2.05) is 0 Å². The zero-order valence-electron chi connectivity index (χ0n) is 18.7. The molecule has 74 valence electrons. The topological polar surface area (TPSA) is 3.24 Å². The number of nitrogens with zero attached hydrogens (tertiary/aromatic N) is 1. The van der Waals surface area contributed by atoms with Crippen LogP contribution in [0.2, 0.25) is 0 Å². The normalized spacial score (nSPS) is 27.9. The van der Waals surface area contributed by atoms with Crippen LogP contribution in [0.15, 0.2) is 30.2 Å². The van der Waals surface area contributed by atoms with Crippen molar-refractivity contribution in [2.24, 2.45) is 0 Å². The van der Waals surface area contributed by atoms with Gasteiger partial charge in [0.25, 0.3) is 0 Å². The summed E-state index contributed by atoms with van der Waals surface area (Å²) in [7, 11) is 0. The molecule has 14 heavy (non-hydrogen) atoms. The Morgan fingerprint density at radius 2 is 2.43 bits per heavy atom. The number of benzene rings is 1. The molecule has 0 radical (unpaired) electrons. The molecule has 0 aliphatic heterocycles. The molecule has 0 aliphatic carbocycles. The number of rotatable bonds is 4. The predicted octanol–water partition coefficient (Wildman–Crippen LogP) is 2.18. The van der Waals surface area contributed by atoms with E-state index < -0.39 is 56.1 Å². The first-order valence-corrected chi connectivity index (χ1v) is 3.92. The van der Waals surface area contributed by atoms with Crippen LogP contribution in [0.4, 0.5) is 0 Å². The summed E-state index contributed by atoms with van der Waals surface area (Å²) in [6.07, 6.45) is 4.43. The third kappa shape index (κ3) is 3.24. The second kappa shape index (κ2) is 5.47.